The van der Waals surface area contributed by atoms with Gasteiger partial charge in [0.2, 0.25) is 0 Å². The zero-order valence-corrected chi connectivity index (χ0v) is 15.3. The number of carbonyl (C=O) groups is 3. The Morgan fingerprint density at radius 1 is 0.586 bits per heavy atom. The van der Waals surface area contributed by atoms with Crippen molar-refractivity contribution < 1.29 is 19.5 Å². The van der Waals surface area contributed by atoms with Crippen molar-refractivity contribution in [2.75, 3.05) is 0 Å². The summed E-state index contributed by atoms with van der Waals surface area (Å²) in [5.41, 5.74) is 0.559. The smallest absolute Gasteiger partial charge is 0.336 e. The molecule has 1 N–H and O–H groups in total. The number of ketones is 2. The lowest BCUT2D eigenvalue weighted by Gasteiger charge is -2.15. The van der Waals surface area contributed by atoms with Crippen LogP contribution in [0.1, 0.15) is 42.2 Å². The second-order valence-electron chi connectivity index (χ2n) is 6.59. The van der Waals surface area contributed by atoms with E-state index < -0.39 is 11.8 Å². The van der Waals surface area contributed by atoms with Crippen LogP contribution < -0.4 is 0 Å². The molecular formula is C25H16O4. The Balaban J connectivity index is 2.09. The molecule has 0 unspecified atom stereocenters. The summed E-state index contributed by atoms with van der Waals surface area (Å²) in [6.45, 7) is 0. The lowest BCUT2D eigenvalue weighted by molar-refractivity contribution is 0.0693. The Hall–Kier alpha value is -4.05. The number of carbonyl (C=O) groups excluding carboxylic acids is 2. The zero-order chi connectivity index (χ0) is 20.4. The summed E-state index contributed by atoms with van der Waals surface area (Å²) in [5, 5.41) is 11.0. The Kier molecular flexibility index (Phi) is 4.75. The first-order chi connectivity index (χ1) is 14.1. The average Bonchev–Trinajstić information content (AvgIpc) is 2.78. The fourth-order valence-electron chi connectivity index (χ4n) is 3.46. The fourth-order valence-corrected chi connectivity index (χ4v) is 3.46. The van der Waals surface area contributed by atoms with E-state index in [4.69, 9.17) is 0 Å². The van der Waals surface area contributed by atoms with E-state index in [0.29, 0.717) is 21.9 Å². The van der Waals surface area contributed by atoms with Crippen LogP contribution in [0.15, 0.2) is 91.0 Å². The lowest BCUT2D eigenvalue weighted by Crippen LogP contribution is -2.17. The van der Waals surface area contributed by atoms with Gasteiger partial charge in [0.25, 0.3) is 0 Å². The van der Waals surface area contributed by atoms with E-state index >= 15 is 0 Å². The molecule has 0 saturated heterocycles. The van der Waals surface area contributed by atoms with E-state index in [0.717, 1.165) is 0 Å². The maximum Gasteiger partial charge on any atom is 0.336 e. The molecule has 0 amide bonds. The maximum absolute atomic E-state index is 13.4. The van der Waals surface area contributed by atoms with Crippen LogP contribution in [0, 0.1) is 0 Å². The molecule has 4 aromatic rings. The molecular weight excluding hydrogens is 364 g/mol. The number of hydrogen-bond donors (Lipinski definition) is 1. The number of fused-ring (bicyclic) bond motifs is 1. The van der Waals surface area contributed by atoms with Crippen molar-refractivity contribution in [2.45, 2.75) is 0 Å². The van der Waals surface area contributed by atoms with Crippen LogP contribution in [0.25, 0.3) is 10.8 Å². The van der Waals surface area contributed by atoms with E-state index in [1.54, 1.807) is 84.9 Å². The predicted octanol–water partition coefficient (Wildman–Crippen LogP) is 5.00. The van der Waals surface area contributed by atoms with Gasteiger partial charge in [0.15, 0.2) is 11.6 Å². The minimum absolute atomic E-state index is 0.0868. The molecule has 0 aromatic heterocycles. The number of carboxylic acid groups (broad SMARTS) is 1. The Bertz CT molecular complexity index is 1240. The minimum Gasteiger partial charge on any atom is -0.478 e. The van der Waals surface area contributed by atoms with Crippen molar-refractivity contribution in [3.05, 3.63) is 119 Å². The molecule has 0 radical (unpaired) electrons. The Morgan fingerprint density at radius 3 is 1.62 bits per heavy atom. The van der Waals surface area contributed by atoms with Crippen molar-refractivity contribution in [1.82, 2.24) is 0 Å². The monoisotopic (exact) mass is 380 g/mol. The zero-order valence-electron chi connectivity index (χ0n) is 15.3. The number of benzene rings is 4. The SMILES string of the molecule is O=C(O)c1cc2ccccc2c(C(=O)c2ccccc2)c1C(=O)c1ccccc1. The number of aromatic carboxylic acids is 1. The standard InChI is InChI=1S/C25H16O4/c26-23(16-9-3-1-4-10-16)21-19-14-8-7-13-18(19)15-20(25(28)29)22(21)24(27)17-11-5-2-6-12-17/h1-15H,(H,28,29). The second kappa shape index (κ2) is 7.52. The van der Waals surface area contributed by atoms with Crippen LogP contribution in [0.4, 0.5) is 0 Å². The van der Waals surface area contributed by atoms with Gasteiger partial charge in [-0.3, -0.25) is 9.59 Å². The third-order valence-electron chi connectivity index (χ3n) is 4.81. The summed E-state index contributed by atoms with van der Waals surface area (Å²) in [7, 11) is 0. The third-order valence-corrected chi connectivity index (χ3v) is 4.81. The fraction of sp³-hybridized carbons (Fsp3) is 0. The number of carboxylic acids is 1. The highest BCUT2D eigenvalue weighted by molar-refractivity contribution is 6.27. The van der Waals surface area contributed by atoms with E-state index in [1.165, 1.54) is 6.07 Å². The van der Waals surface area contributed by atoms with Crippen LogP contribution in [0.5, 0.6) is 0 Å². The highest BCUT2D eigenvalue weighted by atomic mass is 16.4. The van der Waals surface area contributed by atoms with Gasteiger partial charge in [-0.25, -0.2) is 4.79 Å². The number of hydrogen-bond acceptors (Lipinski definition) is 3. The predicted molar refractivity (Wildman–Crippen MR) is 111 cm³/mol. The molecule has 4 rings (SSSR count). The topological polar surface area (TPSA) is 71.4 Å². The molecule has 0 heterocycles. The third kappa shape index (κ3) is 3.32. The van der Waals surface area contributed by atoms with E-state index in [9.17, 15) is 19.5 Å². The van der Waals surface area contributed by atoms with E-state index in [2.05, 4.69) is 0 Å². The first-order valence-electron chi connectivity index (χ1n) is 9.06. The maximum atomic E-state index is 13.4. The van der Waals surface area contributed by atoms with Gasteiger partial charge in [-0.1, -0.05) is 84.9 Å². The van der Waals surface area contributed by atoms with Crippen LogP contribution >= 0.6 is 0 Å². The summed E-state index contributed by atoms with van der Waals surface area (Å²) < 4.78 is 0. The normalized spacial score (nSPS) is 10.6. The Labute approximate surface area is 167 Å². The van der Waals surface area contributed by atoms with Crippen molar-refractivity contribution >= 4 is 28.3 Å². The quantitative estimate of drug-likeness (QED) is 0.495. The van der Waals surface area contributed by atoms with Crippen molar-refractivity contribution in [1.29, 1.82) is 0 Å². The molecule has 0 bridgehead atoms. The van der Waals surface area contributed by atoms with Crippen LogP contribution in [-0.2, 0) is 0 Å². The summed E-state index contributed by atoms with van der Waals surface area (Å²) >= 11 is 0. The molecule has 0 aliphatic heterocycles. The van der Waals surface area contributed by atoms with E-state index in [1.807, 2.05) is 0 Å². The summed E-state index contributed by atoms with van der Waals surface area (Å²) in [4.78, 5) is 38.9. The molecule has 0 saturated carbocycles. The Morgan fingerprint density at radius 2 is 1.07 bits per heavy atom. The second-order valence-corrected chi connectivity index (χ2v) is 6.59. The van der Waals surface area contributed by atoms with Gasteiger partial charge in [0.1, 0.15) is 0 Å². The van der Waals surface area contributed by atoms with Gasteiger partial charge < -0.3 is 5.11 Å². The van der Waals surface area contributed by atoms with Gasteiger partial charge in [0.05, 0.1) is 5.56 Å². The minimum atomic E-state index is -1.25. The van der Waals surface area contributed by atoms with Crippen LogP contribution in [-0.4, -0.2) is 22.6 Å². The van der Waals surface area contributed by atoms with Crippen molar-refractivity contribution in [3.63, 3.8) is 0 Å². The van der Waals surface area contributed by atoms with Crippen molar-refractivity contribution in [2.24, 2.45) is 0 Å². The molecule has 0 fully saturated rings. The summed E-state index contributed by atoms with van der Waals surface area (Å²) in [6.07, 6.45) is 0. The first kappa shape index (κ1) is 18.3. The highest BCUT2D eigenvalue weighted by Crippen LogP contribution is 2.30. The highest BCUT2D eigenvalue weighted by Gasteiger charge is 2.28. The molecule has 4 nitrogen and oxygen atoms in total. The molecule has 4 heteroatoms. The molecule has 4 aromatic carbocycles. The van der Waals surface area contributed by atoms with Crippen LogP contribution in [0.3, 0.4) is 0 Å². The molecule has 29 heavy (non-hydrogen) atoms. The molecule has 0 atom stereocenters. The molecule has 140 valence electrons. The average molecular weight is 380 g/mol. The first-order valence-corrected chi connectivity index (χ1v) is 9.06. The van der Waals surface area contributed by atoms with Gasteiger partial charge in [-0.15, -0.1) is 0 Å². The molecule has 0 aliphatic rings. The van der Waals surface area contributed by atoms with Gasteiger partial charge in [-0.05, 0) is 16.8 Å². The van der Waals surface area contributed by atoms with Crippen molar-refractivity contribution in [3.8, 4) is 0 Å². The summed E-state index contributed by atoms with van der Waals surface area (Å²) in [6, 6.07) is 25.4. The largest absolute Gasteiger partial charge is 0.478 e. The van der Waals surface area contributed by atoms with Gasteiger partial charge in [0, 0.05) is 22.3 Å². The molecule has 0 aliphatic carbocycles. The molecule has 0 spiro atoms. The summed E-state index contributed by atoms with van der Waals surface area (Å²) in [5.74, 6) is -2.13. The lowest BCUT2D eigenvalue weighted by atomic mass is 9.85. The van der Waals surface area contributed by atoms with Gasteiger partial charge in [-0.2, -0.15) is 0 Å². The van der Waals surface area contributed by atoms with E-state index in [-0.39, 0.29) is 22.5 Å². The number of rotatable bonds is 5. The van der Waals surface area contributed by atoms with Crippen LogP contribution in [0.2, 0.25) is 0 Å². The van der Waals surface area contributed by atoms with Gasteiger partial charge >= 0.3 is 5.97 Å².